The first-order valence-electron chi connectivity index (χ1n) is 11.1. The summed E-state index contributed by atoms with van der Waals surface area (Å²) in [6, 6.07) is 10.1. The maximum absolute atomic E-state index is 13.3. The van der Waals surface area contributed by atoms with Crippen molar-refractivity contribution in [3.63, 3.8) is 0 Å². The van der Waals surface area contributed by atoms with Gasteiger partial charge in [0.1, 0.15) is 5.82 Å². The van der Waals surface area contributed by atoms with Gasteiger partial charge in [-0.1, -0.05) is 43.0 Å². The van der Waals surface area contributed by atoms with Gasteiger partial charge in [-0.25, -0.2) is 4.98 Å². The number of aromatic nitrogens is 2. The fraction of sp³-hybridized carbons (Fsp3) is 0.375. The molecule has 0 aliphatic heterocycles. The summed E-state index contributed by atoms with van der Waals surface area (Å²) in [5.74, 6) is 0.768. The van der Waals surface area contributed by atoms with Gasteiger partial charge in [-0.05, 0) is 44.9 Å². The molecule has 0 unspecified atom stereocenters. The van der Waals surface area contributed by atoms with Gasteiger partial charge in [0.15, 0.2) is 0 Å². The third kappa shape index (κ3) is 4.90. The second-order valence-corrected chi connectivity index (χ2v) is 8.87. The molecule has 0 spiro atoms. The lowest BCUT2D eigenvalue weighted by molar-refractivity contribution is -0.386. The summed E-state index contributed by atoms with van der Waals surface area (Å²) < 4.78 is 6.87. The van der Waals surface area contributed by atoms with Crippen molar-refractivity contribution in [3.8, 4) is 5.75 Å². The van der Waals surface area contributed by atoms with Gasteiger partial charge in [0.05, 0.1) is 33.2 Å². The first-order valence-corrected chi connectivity index (χ1v) is 11.4. The summed E-state index contributed by atoms with van der Waals surface area (Å²) in [5, 5.41) is 16.6. The first-order chi connectivity index (χ1) is 15.8. The van der Waals surface area contributed by atoms with Gasteiger partial charge in [0.25, 0.3) is 5.56 Å². The number of hydrogen-bond donors (Lipinski definition) is 0. The Morgan fingerprint density at radius 3 is 2.67 bits per heavy atom. The van der Waals surface area contributed by atoms with E-state index in [0.29, 0.717) is 22.3 Å². The normalized spacial score (nSPS) is 14.9. The van der Waals surface area contributed by atoms with E-state index in [2.05, 4.69) is 5.10 Å². The minimum Gasteiger partial charge on any atom is -0.483 e. The molecule has 0 radical (unpaired) electrons. The molecule has 172 valence electrons. The Kier molecular flexibility index (Phi) is 6.74. The van der Waals surface area contributed by atoms with Gasteiger partial charge in [-0.3, -0.25) is 14.9 Å². The number of rotatable bonds is 6. The lowest BCUT2D eigenvalue weighted by Gasteiger charge is -2.22. The smallest absolute Gasteiger partial charge is 0.313 e. The Labute approximate surface area is 196 Å². The number of benzene rings is 2. The van der Waals surface area contributed by atoms with Crippen molar-refractivity contribution in [1.82, 2.24) is 9.66 Å². The zero-order valence-electron chi connectivity index (χ0n) is 18.5. The largest absolute Gasteiger partial charge is 0.483 e. The van der Waals surface area contributed by atoms with E-state index in [0.717, 1.165) is 25.7 Å². The van der Waals surface area contributed by atoms with E-state index in [9.17, 15) is 14.9 Å². The molecule has 8 nitrogen and oxygen atoms in total. The summed E-state index contributed by atoms with van der Waals surface area (Å²) in [7, 11) is 0. The van der Waals surface area contributed by atoms with E-state index in [-0.39, 0.29) is 34.0 Å². The highest BCUT2D eigenvalue weighted by atomic mass is 35.5. The van der Waals surface area contributed by atoms with Gasteiger partial charge >= 0.3 is 5.69 Å². The summed E-state index contributed by atoms with van der Waals surface area (Å²) in [6.45, 7) is 3.53. The standard InChI is InChI=1S/C24H25ClN4O4/c1-15(2)33-22-19(25)12-16(13-21(22)29(31)32)14-26-28-23(17-8-4-3-5-9-17)27-20-11-7-6-10-18(20)24(28)30/h6-7,10-15,17H,3-5,8-9H2,1-2H3. The maximum atomic E-state index is 13.3. The minimum atomic E-state index is -0.544. The highest BCUT2D eigenvalue weighted by molar-refractivity contribution is 6.32. The molecule has 33 heavy (non-hydrogen) atoms. The third-order valence-corrected chi connectivity index (χ3v) is 5.95. The predicted octanol–water partition coefficient (Wildman–Crippen LogP) is 5.68. The van der Waals surface area contributed by atoms with Crippen LogP contribution in [0.1, 0.15) is 63.3 Å². The number of nitro groups is 1. The highest BCUT2D eigenvalue weighted by Crippen LogP contribution is 2.36. The number of fused-ring (bicyclic) bond motifs is 1. The van der Waals surface area contributed by atoms with Crippen LogP contribution >= 0.6 is 11.6 Å². The molecular formula is C24H25ClN4O4. The molecule has 3 aromatic rings. The molecule has 2 aromatic carbocycles. The van der Waals surface area contributed by atoms with Crippen molar-refractivity contribution < 1.29 is 9.66 Å². The minimum absolute atomic E-state index is 0.0150. The van der Waals surface area contributed by atoms with Crippen LogP contribution in [0.15, 0.2) is 46.3 Å². The molecule has 1 saturated carbocycles. The number of nitrogens with zero attached hydrogens (tertiary/aromatic N) is 4. The number of halogens is 1. The van der Waals surface area contributed by atoms with Crippen LogP contribution in [0.5, 0.6) is 5.75 Å². The Balaban J connectivity index is 1.81. The van der Waals surface area contributed by atoms with Crippen LogP contribution < -0.4 is 10.3 Å². The van der Waals surface area contributed by atoms with Gasteiger partial charge in [0.2, 0.25) is 5.75 Å². The van der Waals surface area contributed by atoms with Gasteiger partial charge in [-0.2, -0.15) is 9.78 Å². The SMILES string of the molecule is CC(C)Oc1c(Cl)cc(C=Nn2c(C3CCCCC3)nc3ccccc3c2=O)cc1[N+](=O)[O-]. The van der Waals surface area contributed by atoms with Crippen LogP contribution in [0.3, 0.4) is 0 Å². The average Bonchev–Trinajstić information content (AvgIpc) is 2.80. The van der Waals surface area contributed by atoms with Crippen molar-refractivity contribution in [2.24, 2.45) is 5.10 Å². The van der Waals surface area contributed by atoms with Crippen LogP contribution in [-0.2, 0) is 0 Å². The van der Waals surface area contributed by atoms with Crippen LogP contribution in [0, 0.1) is 10.1 Å². The Morgan fingerprint density at radius 1 is 1.24 bits per heavy atom. The molecule has 1 aliphatic rings. The second kappa shape index (κ2) is 9.70. The quantitative estimate of drug-likeness (QED) is 0.263. The highest BCUT2D eigenvalue weighted by Gasteiger charge is 2.23. The first kappa shape index (κ1) is 22.9. The predicted molar refractivity (Wildman–Crippen MR) is 129 cm³/mol. The molecule has 9 heteroatoms. The van der Waals surface area contributed by atoms with Crippen molar-refractivity contribution >= 4 is 34.4 Å². The van der Waals surface area contributed by atoms with Crippen LogP contribution in [0.25, 0.3) is 10.9 Å². The Hall–Kier alpha value is -3.26. The van der Waals surface area contributed by atoms with E-state index >= 15 is 0 Å². The molecule has 0 atom stereocenters. The molecule has 1 aliphatic carbocycles. The molecular weight excluding hydrogens is 444 g/mol. The van der Waals surface area contributed by atoms with Crippen molar-refractivity contribution in [2.45, 2.75) is 58.0 Å². The van der Waals surface area contributed by atoms with E-state index in [4.69, 9.17) is 21.3 Å². The molecule has 1 aromatic heterocycles. The fourth-order valence-electron chi connectivity index (χ4n) is 4.16. The zero-order chi connectivity index (χ0) is 23.5. The average molecular weight is 469 g/mol. The third-order valence-electron chi connectivity index (χ3n) is 5.67. The molecule has 0 N–H and O–H groups in total. The van der Waals surface area contributed by atoms with Crippen molar-refractivity contribution in [2.75, 3.05) is 0 Å². The fourth-order valence-corrected chi connectivity index (χ4v) is 4.43. The van der Waals surface area contributed by atoms with E-state index in [1.807, 2.05) is 12.1 Å². The molecule has 0 saturated heterocycles. The van der Waals surface area contributed by atoms with Crippen LogP contribution in [0.2, 0.25) is 5.02 Å². The molecule has 1 fully saturated rings. The summed E-state index contributed by atoms with van der Waals surface area (Å²) >= 11 is 6.29. The zero-order valence-corrected chi connectivity index (χ0v) is 19.3. The monoisotopic (exact) mass is 468 g/mol. The summed E-state index contributed by atoms with van der Waals surface area (Å²) in [6.07, 6.45) is 6.35. The van der Waals surface area contributed by atoms with Gasteiger partial charge in [-0.15, -0.1) is 0 Å². The molecule has 1 heterocycles. The topological polar surface area (TPSA) is 99.6 Å². The van der Waals surface area contributed by atoms with E-state index < -0.39 is 4.92 Å². The van der Waals surface area contributed by atoms with E-state index in [1.165, 1.54) is 29.4 Å². The lowest BCUT2D eigenvalue weighted by Crippen LogP contribution is -2.25. The summed E-state index contributed by atoms with van der Waals surface area (Å²) in [4.78, 5) is 29.1. The molecule has 4 rings (SSSR count). The Morgan fingerprint density at radius 2 is 1.97 bits per heavy atom. The van der Waals surface area contributed by atoms with Crippen LogP contribution in [0.4, 0.5) is 5.69 Å². The second-order valence-electron chi connectivity index (χ2n) is 8.46. The molecule has 0 amide bonds. The van der Waals surface area contributed by atoms with Crippen LogP contribution in [-0.4, -0.2) is 26.9 Å². The van der Waals surface area contributed by atoms with E-state index in [1.54, 1.807) is 26.0 Å². The number of ether oxygens (including phenoxy) is 1. The Bertz CT molecular complexity index is 1280. The summed E-state index contributed by atoms with van der Waals surface area (Å²) in [5.41, 5.74) is 0.507. The number of hydrogen-bond acceptors (Lipinski definition) is 6. The number of para-hydroxylation sites is 1. The van der Waals surface area contributed by atoms with Gasteiger partial charge in [0, 0.05) is 17.5 Å². The van der Waals surface area contributed by atoms with Crippen molar-refractivity contribution in [1.29, 1.82) is 0 Å². The number of nitro benzene ring substituents is 1. The molecule has 0 bridgehead atoms. The van der Waals surface area contributed by atoms with Gasteiger partial charge < -0.3 is 4.74 Å². The van der Waals surface area contributed by atoms with Crippen molar-refractivity contribution in [3.05, 3.63) is 73.3 Å². The maximum Gasteiger partial charge on any atom is 0.313 e. The lowest BCUT2D eigenvalue weighted by atomic mass is 9.88.